The van der Waals surface area contributed by atoms with Crippen molar-refractivity contribution in [1.29, 1.82) is 0 Å². The Morgan fingerprint density at radius 1 is 0.847 bits per heavy atom. The minimum absolute atomic E-state index is 0.146. The van der Waals surface area contributed by atoms with E-state index >= 15 is 0 Å². The largest absolute Gasteiger partial charge is 0.453 e. The number of H-pyrrole nitrogens is 2. The molecule has 1 aliphatic carbocycles. The number of aryl methyl sites for hydroxylation is 2. The van der Waals surface area contributed by atoms with Crippen molar-refractivity contribution in [3.63, 3.8) is 0 Å². The lowest BCUT2D eigenvalue weighted by atomic mass is 9.88. The Morgan fingerprint density at radius 3 is 2.34 bits per heavy atom. The molecule has 4 N–H and O–H groups in total. The number of methoxy groups -OCH3 is 1. The second-order valence-electron chi connectivity index (χ2n) is 17.5. The van der Waals surface area contributed by atoms with Crippen molar-refractivity contribution in [1.82, 2.24) is 40.4 Å². The molecule has 0 spiro atoms. The number of alkyl carbamates (subject to hydrolysis) is 1. The predicted octanol–water partition coefficient (Wildman–Crippen LogP) is 7.85. The van der Waals surface area contributed by atoms with Crippen LogP contribution in [0.1, 0.15) is 94.3 Å². The quantitative estimate of drug-likeness (QED) is 0.130. The molecule has 3 saturated heterocycles. The molecule has 9 rings (SSSR count). The number of hydrogen-bond acceptors (Lipinski definition) is 8. The molecule has 13 nitrogen and oxygen atoms in total. The zero-order chi connectivity index (χ0) is 40.8. The van der Waals surface area contributed by atoms with E-state index in [2.05, 4.69) is 80.2 Å². The van der Waals surface area contributed by atoms with Gasteiger partial charge in [0, 0.05) is 36.5 Å². The van der Waals surface area contributed by atoms with Crippen molar-refractivity contribution in [2.24, 2.45) is 5.92 Å². The van der Waals surface area contributed by atoms with Crippen LogP contribution in [0.25, 0.3) is 44.4 Å². The molecule has 3 fully saturated rings. The molecule has 13 heteroatoms. The molecule has 0 saturated carbocycles. The van der Waals surface area contributed by atoms with Crippen molar-refractivity contribution in [3.05, 3.63) is 83.7 Å². The van der Waals surface area contributed by atoms with Gasteiger partial charge in [-0.2, -0.15) is 0 Å². The molecule has 3 atom stereocenters. The first-order valence-electron chi connectivity index (χ1n) is 21.2. The van der Waals surface area contributed by atoms with Gasteiger partial charge in [-0.3, -0.25) is 4.79 Å². The topological polar surface area (TPSA) is 158 Å². The fourth-order valence-electron chi connectivity index (χ4n) is 9.44. The number of piperidine rings is 1. The van der Waals surface area contributed by atoms with E-state index in [9.17, 15) is 14.4 Å². The van der Waals surface area contributed by atoms with E-state index in [0.717, 1.165) is 78.5 Å². The van der Waals surface area contributed by atoms with E-state index in [0.29, 0.717) is 38.5 Å². The van der Waals surface area contributed by atoms with Gasteiger partial charge >= 0.3 is 12.2 Å². The average Bonchev–Trinajstić information content (AvgIpc) is 4.08. The summed E-state index contributed by atoms with van der Waals surface area (Å²) in [5.74, 6) is 1.48. The highest BCUT2D eigenvalue weighted by Gasteiger charge is 2.42. The highest BCUT2D eigenvalue weighted by molar-refractivity contribution is 5.91. The Bertz CT molecular complexity index is 2380. The van der Waals surface area contributed by atoms with Gasteiger partial charge in [0.15, 0.2) is 0 Å². The summed E-state index contributed by atoms with van der Waals surface area (Å²) in [6.07, 6.45) is 7.66. The Balaban J connectivity index is 0.904. The van der Waals surface area contributed by atoms with Crippen molar-refractivity contribution in [2.45, 2.75) is 95.9 Å². The summed E-state index contributed by atoms with van der Waals surface area (Å²) < 4.78 is 10.5. The number of carbonyl (C=O) groups excluding carboxylic acids is 3. The molecule has 3 aromatic carbocycles. The number of fused-ring (bicyclic) bond motifs is 4. The molecule has 2 aromatic heterocycles. The van der Waals surface area contributed by atoms with Crippen molar-refractivity contribution in [2.75, 3.05) is 33.3 Å². The van der Waals surface area contributed by atoms with Crippen LogP contribution < -0.4 is 10.6 Å². The van der Waals surface area contributed by atoms with Crippen LogP contribution in [-0.2, 0) is 27.1 Å². The van der Waals surface area contributed by atoms with Crippen LogP contribution in [0.5, 0.6) is 0 Å². The molecule has 59 heavy (non-hydrogen) atoms. The summed E-state index contributed by atoms with van der Waals surface area (Å²) >= 11 is 0. The Morgan fingerprint density at radius 2 is 1.59 bits per heavy atom. The lowest BCUT2D eigenvalue weighted by Gasteiger charge is -2.38. The number of aromatic nitrogens is 4. The predicted molar refractivity (Wildman–Crippen MR) is 225 cm³/mol. The van der Waals surface area contributed by atoms with Gasteiger partial charge in [0.2, 0.25) is 5.91 Å². The van der Waals surface area contributed by atoms with Gasteiger partial charge in [-0.1, -0.05) is 42.5 Å². The molecule has 0 bridgehead atoms. The van der Waals surface area contributed by atoms with Crippen LogP contribution in [0, 0.1) is 5.92 Å². The highest BCUT2D eigenvalue weighted by atomic mass is 16.6. The number of benzene rings is 3. The maximum atomic E-state index is 14.4. The number of likely N-dealkylation sites (tertiary alicyclic amines) is 2. The third kappa shape index (κ3) is 7.92. The van der Waals surface area contributed by atoms with E-state index < -0.39 is 17.7 Å². The van der Waals surface area contributed by atoms with Crippen molar-refractivity contribution < 1.29 is 23.9 Å². The van der Waals surface area contributed by atoms with Gasteiger partial charge in [-0.05, 0) is 124 Å². The maximum absolute atomic E-state index is 14.4. The fourth-order valence-corrected chi connectivity index (χ4v) is 9.44. The number of nitrogens with zero attached hydrogens (tertiary/aromatic N) is 4. The molecular formula is C46H54N8O5. The smallest absolute Gasteiger partial charge is 0.410 e. The third-order valence-electron chi connectivity index (χ3n) is 12.5. The normalized spacial score (nSPS) is 20.0. The summed E-state index contributed by atoms with van der Waals surface area (Å²) in [4.78, 5) is 60.3. The van der Waals surface area contributed by atoms with Gasteiger partial charge in [0.25, 0.3) is 0 Å². The van der Waals surface area contributed by atoms with Crippen molar-refractivity contribution >= 4 is 28.9 Å². The monoisotopic (exact) mass is 798 g/mol. The number of ether oxygens (including phenoxy) is 2. The summed E-state index contributed by atoms with van der Waals surface area (Å²) in [6, 6.07) is 19.2. The lowest BCUT2D eigenvalue weighted by Crippen LogP contribution is -2.55. The lowest BCUT2D eigenvalue weighted by molar-refractivity contribution is -0.136. The van der Waals surface area contributed by atoms with Gasteiger partial charge in [-0.15, -0.1) is 0 Å². The molecule has 3 unspecified atom stereocenters. The first kappa shape index (κ1) is 38.8. The van der Waals surface area contributed by atoms with Gasteiger partial charge in [0.05, 0.1) is 36.8 Å². The third-order valence-corrected chi connectivity index (χ3v) is 12.5. The summed E-state index contributed by atoms with van der Waals surface area (Å²) in [7, 11) is 1.30. The van der Waals surface area contributed by atoms with Crippen LogP contribution in [0.15, 0.2) is 60.8 Å². The fraction of sp³-hybridized carbons (Fsp3) is 0.457. The van der Waals surface area contributed by atoms with Gasteiger partial charge < -0.3 is 39.9 Å². The molecule has 0 radical (unpaired) electrons. The Kier molecular flexibility index (Phi) is 10.4. The first-order chi connectivity index (χ1) is 28.5. The Labute approximate surface area is 344 Å². The van der Waals surface area contributed by atoms with Crippen LogP contribution in [-0.4, -0.2) is 92.8 Å². The SMILES string of the molecule is COC(=O)NC(C(=O)N1CCCC1c1nc2c([nH]1)CCc1cc(-c3ccc4cc(-c5cnc(C6CCCN6)[nH]5)ccc4c3)ccc1-2)C1CCN(C(=O)OC(C)(C)C)CC1. The second-order valence-corrected chi connectivity index (χ2v) is 17.5. The van der Waals surface area contributed by atoms with Crippen LogP contribution in [0.4, 0.5) is 9.59 Å². The standard InChI is InChI=1S/C46H54N8O5/c1-46(2,3)59-45(57)53-21-17-27(18-22-53)39(52-44(56)58-4)43(55)54-20-6-8-38(54)42-49-35-16-14-32-24-31(13-15-34(32)40(35)51-42)28-9-10-30-25-33(12-11-29(30)23-28)37-26-48-41(50-37)36-7-5-19-47-36/h9-13,15,23-27,36,38-39,47H,5-8,14,16-22H2,1-4H3,(H,48,50)(H,49,51)(H,52,56). The number of aromatic amines is 2. The summed E-state index contributed by atoms with van der Waals surface area (Å²) in [6.45, 7) is 8.03. The number of imidazole rings is 2. The number of rotatable bonds is 7. The summed E-state index contributed by atoms with van der Waals surface area (Å²) in [5, 5.41) is 8.74. The van der Waals surface area contributed by atoms with Crippen LogP contribution in [0.2, 0.25) is 0 Å². The number of hydrogen-bond donors (Lipinski definition) is 4. The minimum atomic E-state index is -0.784. The zero-order valence-electron chi connectivity index (χ0n) is 34.4. The van der Waals surface area contributed by atoms with E-state index in [4.69, 9.17) is 14.5 Å². The molecule has 308 valence electrons. The summed E-state index contributed by atoms with van der Waals surface area (Å²) in [5.41, 5.74) is 8.33. The van der Waals surface area contributed by atoms with Crippen LogP contribution in [0.3, 0.4) is 0 Å². The highest BCUT2D eigenvalue weighted by Crippen LogP contribution is 2.40. The maximum Gasteiger partial charge on any atom is 0.410 e. The number of amides is 3. The second kappa shape index (κ2) is 15.8. The van der Waals surface area contributed by atoms with Crippen LogP contribution >= 0.6 is 0 Å². The molecule has 3 aliphatic heterocycles. The molecule has 4 aliphatic rings. The van der Waals surface area contributed by atoms with Crippen molar-refractivity contribution in [3.8, 4) is 33.6 Å². The molecule has 3 amide bonds. The molecular weight excluding hydrogens is 745 g/mol. The van der Waals surface area contributed by atoms with E-state index in [1.54, 1.807) is 4.90 Å². The average molecular weight is 799 g/mol. The van der Waals surface area contributed by atoms with E-state index in [1.807, 2.05) is 31.9 Å². The zero-order valence-corrected chi connectivity index (χ0v) is 34.4. The molecule has 5 heterocycles. The van der Waals surface area contributed by atoms with Gasteiger partial charge in [-0.25, -0.2) is 19.6 Å². The van der Waals surface area contributed by atoms with E-state index in [1.165, 1.54) is 41.0 Å². The minimum Gasteiger partial charge on any atom is -0.453 e. The molecule has 5 aromatic rings. The first-order valence-corrected chi connectivity index (χ1v) is 21.2. The van der Waals surface area contributed by atoms with E-state index in [-0.39, 0.29) is 24.0 Å². The number of carbonyl (C=O) groups is 3. The van der Waals surface area contributed by atoms with Gasteiger partial charge in [0.1, 0.15) is 23.3 Å². The number of nitrogens with one attached hydrogen (secondary N) is 4. The Hall–Kier alpha value is -5.69.